The molecule has 0 bridgehead atoms. The molecule has 0 unspecified atom stereocenters. The number of carbonyl (C=O) groups excluding carboxylic acids is 1. The number of rotatable bonds is 2. The molecule has 19 heavy (non-hydrogen) atoms. The molecule has 96 valence electrons. The second-order valence-electron chi connectivity index (χ2n) is 4.44. The average molecular weight is 254 g/mol. The molecule has 2 N–H and O–H groups in total. The lowest BCUT2D eigenvalue weighted by molar-refractivity contribution is 0.102. The summed E-state index contributed by atoms with van der Waals surface area (Å²) in [4.78, 5) is 20.0. The number of anilines is 1. The molecule has 5 heteroatoms. The third-order valence-electron chi connectivity index (χ3n) is 3.15. The number of aromatic nitrogens is 2. The first-order valence-corrected chi connectivity index (χ1v) is 6.24. The van der Waals surface area contributed by atoms with Crippen LogP contribution in [-0.4, -0.2) is 22.4 Å². The smallest absolute Gasteiger partial charge is 0.258 e. The summed E-state index contributed by atoms with van der Waals surface area (Å²) in [6, 6.07) is 7.51. The van der Waals surface area contributed by atoms with E-state index in [1.54, 1.807) is 18.5 Å². The van der Waals surface area contributed by atoms with Crippen molar-refractivity contribution in [1.29, 1.82) is 0 Å². The Bertz CT molecular complexity index is 598. The minimum Gasteiger partial charge on any atom is -0.312 e. The van der Waals surface area contributed by atoms with Crippen LogP contribution in [0.5, 0.6) is 0 Å². The number of carbonyl (C=O) groups is 1. The fraction of sp³-hybridized carbons (Fsp3) is 0.214. The molecular formula is C14H14N4O. The van der Waals surface area contributed by atoms with Gasteiger partial charge in [0, 0.05) is 24.5 Å². The Morgan fingerprint density at radius 3 is 2.89 bits per heavy atom. The van der Waals surface area contributed by atoms with E-state index in [0.29, 0.717) is 11.5 Å². The van der Waals surface area contributed by atoms with Crippen molar-refractivity contribution >= 4 is 11.9 Å². The average Bonchev–Trinajstić information content (AvgIpc) is 2.48. The Balaban J connectivity index is 1.80. The summed E-state index contributed by atoms with van der Waals surface area (Å²) in [6.45, 7) is 1.81. The standard InChI is InChI=1S/C14H14N4O/c19-13(18-14-16-5-1-6-17-14)11-3-2-10-4-7-15-9-12(10)8-11/h1-3,5-6,8,15H,4,7,9H2,(H,16,17,18,19). The van der Waals surface area contributed by atoms with Crippen LogP contribution in [0.1, 0.15) is 21.5 Å². The summed E-state index contributed by atoms with van der Waals surface area (Å²) < 4.78 is 0. The second kappa shape index (κ2) is 5.16. The van der Waals surface area contributed by atoms with Gasteiger partial charge in [-0.3, -0.25) is 10.1 Å². The highest BCUT2D eigenvalue weighted by molar-refractivity contribution is 6.03. The van der Waals surface area contributed by atoms with Gasteiger partial charge in [0.1, 0.15) is 0 Å². The first kappa shape index (κ1) is 11.8. The van der Waals surface area contributed by atoms with Crippen LogP contribution in [0.15, 0.2) is 36.7 Å². The van der Waals surface area contributed by atoms with E-state index in [4.69, 9.17) is 0 Å². The van der Waals surface area contributed by atoms with Crippen molar-refractivity contribution in [2.75, 3.05) is 11.9 Å². The molecule has 2 heterocycles. The van der Waals surface area contributed by atoms with Gasteiger partial charge in [-0.05, 0) is 42.3 Å². The van der Waals surface area contributed by atoms with Crippen molar-refractivity contribution in [2.24, 2.45) is 0 Å². The van der Waals surface area contributed by atoms with E-state index >= 15 is 0 Å². The van der Waals surface area contributed by atoms with E-state index in [0.717, 1.165) is 19.5 Å². The Kier molecular flexibility index (Phi) is 3.20. The van der Waals surface area contributed by atoms with Crippen LogP contribution in [-0.2, 0) is 13.0 Å². The Morgan fingerprint density at radius 1 is 1.21 bits per heavy atom. The molecule has 3 rings (SSSR count). The van der Waals surface area contributed by atoms with Gasteiger partial charge in [0.2, 0.25) is 5.95 Å². The summed E-state index contributed by atoms with van der Waals surface area (Å²) in [6.07, 6.45) is 4.21. The van der Waals surface area contributed by atoms with Crippen LogP contribution in [0.2, 0.25) is 0 Å². The van der Waals surface area contributed by atoms with E-state index in [9.17, 15) is 4.79 Å². The molecule has 0 saturated carbocycles. The molecule has 0 atom stereocenters. The highest BCUT2D eigenvalue weighted by atomic mass is 16.1. The molecule has 0 aliphatic carbocycles. The highest BCUT2D eigenvalue weighted by Crippen LogP contribution is 2.16. The van der Waals surface area contributed by atoms with Gasteiger partial charge in [-0.1, -0.05) is 6.07 Å². The largest absolute Gasteiger partial charge is 0.312 e. The van der Waals surface area contributed by atoms with Crippen LogP contribution >= 0.6 is 0 Å². The molecule has 0 spiro atoms. The summed E-state index contributed by atoms with van der Waals surface area (Å²) in [5.74, 6) is 0.142. The number of nitrogens with one attached hydrogen (secondary N) is 2. The van der Waals surface area contributed by atoms with Gasteiger partial charge in [0.05, 0.1) is 0 Å². The molecule has 1 aliphatic heterocycles. The zero-order valence-electron chi connectivity index (χ0n) is 10.4. The van der Waals surface area contributed by atoms with Crippen molar-refractivity contribution in [3.8, 4) is 0 Å². The quantitative estimate of drug-likeness (QED) is 0.849. The van der Waals surface area contributed by atoms with Crippen molar-refractivity contribution in [2.45, 2.75) is 13.0 Å². The van der Waals surface area contributed by atoms with E-state index in [1.807, 2.05) is 18.2 Å². The van der Waals surface area contributed by atoms with Crippen LogP contribution in [0, 0.1) is 0 Å². The van der Waals surface area contributed by atoms with Gasteiger partial charge < -0.3 is 5.32 Å². The van der Waals surface area contributed by atoms with Crippen LogP contribution < -0.4 is 10.6 Å². The van der Waals surface area contributed by atoms with Crippen LogP contribution in [0.25, 0.3) is 0 Å². The molecule has 1 aromatic heterocycles. The molecule has 5 nitrogen and oxygen atoms in total. The van der Waals surface area contributed by atoms with Crippen LogP contribution in [0.3, 0.4) is 0 Å². The molecular weight excluding hydrogens is 240 g/mol. The molecule has 0 radical (unpaired) electrons. The van der Waals surface area contributed by atoms with E-state index in [-0.39, 0.29) is 5.91 Å². The fourth-order valence-corrected chi connectivity index (χ4v) is 2.16. The normalized spacial score (nSPS) is 13.7. The third-order valence-corrected chi connectivity index (χ3v) is 3.15. The third kappa shape index (κ3) is 2.61. The number of hydrogen-bond donors (Lipinski definition) is 2. The van der Waals surface area contributed by atoms with Crippen molar-refractivity contribution in [3.05, 3.63) is 53.3 Å². The molecule has 2 aromatic rings. The van der Waals surface area contributed by atoms with Gasteiger partial charge in [-0.25, -0.2) is 9.97 Å². The minimum absolute atomic E-state index is 0.181. The zero-order valence-corrected chi connectivity index (χ0v) is 10.4. The number of hydrogen-bond acceptors (Lipinski definition) is 4. The SMILES string of the molecule is O=C(Nc1ncccn1)c1ccc2c(c1)CNCC2. The Labute approximate surface area is 111 Å². The number of nitrogens with zero attached hydrogens (tertiary/aromatic N) is 2. The molecule has 1 aliphatic rings. The minimum atomic E-state index is -0.181. The predicted molar refractivity (Wildman–Crippen MR) is 71.8 cm³/mol. The lowest BCUT2D eigenvalue weighted by Gasteiger charge is -2.17. The Morgan fingerprint density at radius 2 is 2.05 bits per heavy atom. The van der Waals surface area contributed by atoms with E-state index < -0.39 is 0 Å². The summed E-state index contributed by atoms with van der Waals surface area (Å²) in [7, 11) is 0. The lowest BCUT2D eigenvalue weighted by Crippen LogP contribution is -2.24. The molecule has 1 amide bonds. The monoisotopic (exact) mass is 254 g/mol. The molecule has 0 saturated heterocycles. The zero-order chi connectivity index (χ0) is 13.1. The van der Waals surface area contributed by atoms with Crippen LogP contribution in [0.4, 0.5) is 5.95 Å². The molecule has 1 aromatic carbocycles. The summed E-state index contributed by atoms with van der Waals surface area (Å²) in [5.41, 5.74) is 3.13. The fourth-order valence-electron chi connectivity index (χ4n) is 2.16. The van der Waals surface area contributed by atoms with Crippen molar-refractivity contribution < 1.29 is 4.79 Å². The Hall–Kier alpha value is -2.27. The topological polar surface area (TPSA) is 66.9 Å². The number of fused-ring (bicyclic) bond motifs is 1. The summed E-state index contributed by atoms with van der Waals surface area (Å²) >= 11 is 0. The highest BCUT2D eigenvalue weighted by Gasteiger charge is 2.13. The lowest BCUT2D eigenvalue weighted by atomic mass is 9.98. The van der Waals surface area contributed by atoms with E-state index in [2.05, 4.69) is 20.6 Å². The number of benzene rings is 1. The van der Waals surface area contributed by atoms with Gasteiger partial charge in [-0.2, -0.15) is 0 Å². The van der Waals surface area contributed by atoms with Gasteiger partial charge in [-0.15, -0.1) is 0 Å². The maximum Gasteiger partial charge on any atom is 0.258 e. The maximum atomic E-state index is 12.1. The molecule has 0 fully saturated rings. The van der Waals surface area contributed by atoms with Gasteiger partial charge in [0.15, 0.2) is 0 Å². The first-order chi connectivity index (χ1) is 9.33. The van der Waals surface area contributed by atoms with E-state index in [1.165, 1.54) is 11.1 Å². The summed E-state index contributed by atoms with van der Waals surface area (Å²) in [5, 5.41) is 5.98. The van der Waals surface area contributed by atoms with Gasteiger partial charge >= 0.3 is 0 Å². The van der Waals surface area contributed by atoms with Crippen molar-refractivity contribution in [3.63, 3.8) is 0 Å². The maximum absolute atomic E-state index is 12.1. The number of amides is 1. The van der Waals surface area contributed by atoms with Gasteiger partial charge in [0.25, 0.3) is 5.91 Å². The predicted octanol–water partition coefficient (Wildman–Crippen LogP) is 1.37. The first-order valence-electron chi connectivity index (χ1n) is 6.24. The second-order valence-corrected chi connectivity index (χ2v) is 4.44. The van der Waals surface area contributed by atoms with Crippen molar-refractivity contribution in [1.82, 2.24) is 15.3 Å².